The van der Waals surface area contributed by atoms with E-state index in [1.165, 1.54) is 18.2 Å². The molecule has 0 aliphatic carbocycles. The van der Waals surface area contributed by atoms with Gasteiger partial charge in [-0.2, -0.15) is 0 Å². The molecule has 0 heterocycles. The van der Waals surface area contributed by atoms with Crippen molar-refractivity contribution >= 4 is 39.1 Å². The van der Waals surface area contributed by atoms with Gasteiger partial charge in [0, 0.05) is 21.6 Å². The van der Waals surface area contributed by atoms with Crippen LogP contribution in [0.4, 0.5) is 8.78 Å². The van der Waals surface area contributed by atoms with Gasteiger partial charge in [0.15, 0.2) is 0 Å². The third kappa shape index (κ3) is 3.77. The molecule has 0 unspecified atom stereocenters. The first-order chi connectivity index (χ1) is 10.0. The Morgan fingerprint density at radius 1 is 1.00 bits per heavy atom. The van der Waals surface area contributed by atoms with E-state index in [0.717, 1.165) is 0 Å². The van der Waals surface area contributed by atoms with Crippen molar-refractivity contribution in [3.8, 4) is 0 Å². The molecule has 0 aromatic heterocycles. The molecule has 112 valence electrons. The van der Waals surface area contributed by atoms with Gasteiger partial charge in [-0.25, -0.2) is 8.78 Å². The molecule has 0 aliphatic heterocycles. The van der Waals surface area contributed by atoms with Crippen molar-refractivity contribution in [3.05, 3.63) is 69.7 Å². The molecule has 0 aliphatic rings. The predicted molar refractivity (Wildman–Crippen MR) is 87.3 cm³/mol. The Hall–Kier alpha value is -0.640. The van der Waals surface area contributed by atoms with Crippen LogP contribution in [-0.4, -0.2) is 11.8 Å². The van der Waals surface area contributed by atoms with Crippen LogP contribution in [0.1, 0.15) is 11.1 Å². The first-order valence-corrected chi connectivity index (χ1v) is 8.19. The number of halogens is 5. The van der Waals surface area contributed by atoms with Crippen molar-refractivity contribution in [1.29, 1.82) is 0 Å². The maximum atomic E-state index is 14.1. The molecule has 0 saturated carbocycles. The second-order valence-corrected chi connectivity index (χ2v) is 6.42. The summed E-state index contributed by atoms with van der Waals surface area (Å²) in [5.74, 6) is -0.339. The summed E-state index contributed by atoms with van der Waals surface area (Å²) in [7, 11) is 0. The molecule has 0 amide bonds. The van der Waals surface area contributed by atoms with Gasteiger partial charge in [0.25, 0.3) is 0 Å². The highest BCUT2D eigenvalue weighted by molar-refractivity contribution is 9.10. The largest absolute Gasteiger partial charge is 0.207 e. The monoisotopic (exact) mass is 392 g/mol. The van der Waals surface area contributed by atoms with E-state index in [1.54, 1.807) is 24.3 Å². The summed E-state index contributed by atoms with van der Waals surface area (Å²) in [5, 5.41) is 0. The van der Waals surface area contributed by atoms with Gasteiger partial charge in [0.05, 0.1) is 0 Å². The lowest BCUT2D eigenvalue weighted by Gasteiger charge is -2.30. The van der Waals surface area contributed by atoms with E-state index in [4.69, 9.17) is 23.2 Å². The Morgan fingerprint density at radius 2 is 1.71 bits per heavy atom. The van der Waals surface area contributed by atoms with Gasteiger partial charge >= 0.3 is 0 Å². The second kappa shape index (κ2) is 7.08. The normalized spacial score (nSPS) is 11.7. The fourth-order valence-electron chi connectivity index (χ4n) is 2.23. The smallest absolute Gasteiger partial charge is 0.127 e. The van der Waals surface area contributed by atoms with E-state index in [1.807, 2.05) is 0 Å². The van der Waals surface area contributed by atoms with Gasteiger partial charge in [0.1, 0.15) is 11.6 Å². The highest BCUT2D eigenvalue weighted by Gasteiger charge is 2.32. The van der Waals surface area contributed by atoms with Crippen LogP contribution in [0, 0.1) is 11.6 Å². The summed E-state index contributed by atoms with van der Waals surface area (Å²) >= 11 is 15.4. The van der Waals surface area contributed by atoms with Gasteiger partial charge < -0.3 is 0 Å². The van der Waals surface area contributed by atoms with Crippen LogP contribution in [0.3, 0.4) is 0 Å². The first-order valence-electron chi connectivity index (χ1n) is 6.33. The molecule has 2 aromatic rings. The molecular formula is C16H13BrCl2F2. The van der Waals surface area contributed by atoms with Crippen molar-refractivity contribution in [1.82, 2.24) is 0 Å². The summed E-state index contributed by atoms with van der Waals surface area (Å²) in [6, 6.07) is 11.0. The fraction of sp³-hybridized carbons (Fsp3) is 0.250. The lowest BCUT2D eigenvalue weighted by Crippen LogP contribution is -2.33. The van der Waals surface area contributed by atoms with Gasteiger partial charge in [-0.05, 0) is 41.8 Å². The minimum absolute atomic E-state index is 0.176. The van der Waals surface area contributed by atoms with Crippen LogP contribution in [0.5, 0.6) is 0 Å². The standard InChI is InChI=1S/C16H13BrCl2F2/c17-13-5-4-11(15(21)7-13)8-16(9-18,10-19)12-2-1-3-14(20)6-12/h1-7H,8-10H2. The number of benzene rings is 2. The van der Waals surface area contributed by atoms with Crippen molar-refractivity contribution in [2.45, 2.75) is 11.8 Å². The molecule has 0 atom stereocenters. The SMILES string of the molecule is Fc1cccc(C(CCl)(CCl)Cc2ccc(Br)cc2F)c1. The zero-order valence-corrected chi connectivity index (χ0v) is 14.2. The molecule has 0 spiro atoms. The van der Waals surface area contributed by atoms with E-state index in [-0.39, 0.29) is 23.4 Å². The molecule has 0 nitrogen and oxygen atoms in total. The summed E-state index contributed by atoms with van der Waals surface area (Å²) in [6.45, 7) is 0. The van der Waals surface area contributed by atoms with Gasteiger partial charge in [-0.3, -0.25) is 0 Å². The number of alkyl halides is 2. The Kier molecular flexibility index (Phi) is 5.64. The van der Waals surface area contributed by atoms with E-state index < -0.39 is 5.41 Å². The van der Waals surface area contributed by atoms with Gasteiger partial charge in [-0.1, -0.05) is 34.1 Å². The van der Waals surface area contributed by atoms with E-state index in [0.29, 0.717) is 22.0 Å². The Morgan fingerprint density at radius 3 is 2.29 bits per heavy atom. The number of hydrogen-bond acceptors (Lipinski definition) is 0. The highest BCUT2D eigenvalue weighted by Crippen LogP contribution is 2.33. The third-order valence-electron chi connectivity index (χ3n) is 3.49. The molecule has 0 saturated heterocycles. The molecular weight excluding hydrogens is 381 g/mol. The van der Waals surface area contributed by atoms with Gasteiger partial charge in [0.2, 0.25) is 0 Å². The topological polar surface area (TPSA) is 0 Å². The number of hydrogen-bond donors (Lipinski definition) is 0. The fourth-order valence-corrected chi connectivity index (χ4v) is 3.35. The molecule has 0 N–H and O–H groups in total. The third-order valence-corrected chi connectivity index (χ3v) is 5.01. The Balaban J connectivity index is 2.43. The number of rotatable bonds is 5. The second-order valence-electron chi connectivity index (χ2n) is 4.97. The molecule has 2 rings (SSSR count). The molecule has 21 heavy (non-hydrogen) atoms. The van der Waals surface area contributed by atoms with Crippen molar-refractivity contribution in [2.75, 3.05) is 11.8 Å². The average Bonchev–Trinajstić information content (AvgIpc) is 2.47. The maximum absolute atomic E-state index is 14.1. The lowest BCUT2D eigenvalue weighted by molar-refractivity contribution is 0.507. The molecule has 0 fully saturated rings. The lowest BCUT2D eigenvalue weighted by atomic mass is 9.78. The Bertz CT molecular complexity index is 627. The maximum Gasteiger partial charge on any atom is 0.127 e. The van der Waals surface area contributed by atoms with Crippen molar-refractivity contribution in [3.63, 3.8) is 0 Å². The highest BCUT2D eigenvalue weighted by atomic mass is 79.9. The van der Waals surface area contributed by atoms with Crippen LogP contribution >= 0.6 is 39.1 Å². The minimum atomic E-state index is -0.708. The summed E-state index contributed by atoms with van der Waals surface area (Å²) in [6.07, 6.45) is 0.308. The van der Waals surface area contributed by atoms with Crippen LogP contribution < -0.4 is 0 Å². The van der Waals surface area contributed by atoms with E-state index >= 15 is 0 Å². The first kappa shape index (κ1) is 16.7. The molecule has 2 aromatic carbocycles. The minimum Gasteiger partial charge on any atom is -0.207 e. The van der Waals surface area contributed by atoms with E-state index in [2.05, 4.69) is 15.9 Å². The van der Waals surface area contributed by atoms with Crippen LogP contribution in [0.2, 0.25) is 0 Å². The summed E-state index contributed by atoms with van der Waals surface area (Å²) in [5.41, 5.74) is 0.471. The summed E-state index contributed by atoms with van der Waals surface area (Å²) in [4.78, 5) is 0. The van der Waals surface area contributed by atoms with Crippen LogP contribution in [0.15, 0.2) is 46.9 Å². The molecule has 5 heteroatoms. The van der Waals surface area contributed by atoms with Crippen molar-refractivity contribution < 1.29 is 8.78 Å². The van der Waals surface area contributed by atoms with E-state index in [9.17, 15) is 8.78 Å². The average molecular weight is 394 g/mol. The zero-order valence-electron chi connectivity index (χ0n) is 11.1. The summed E-state index contributed by atoms with van der Waals surface area (Å²) < 4.78 is 28.2. The quantitative estimate of drug-likeness (QED) is 0.572. The van der Waals surface area contributed by atoms with Crippen LogP contribution in [0.25, 0.3) is 0 Å². The van der Waals surface area contributed by atoms with Gasteiger partial charge in [-0.15, -0.1) is 23.2 Å². The molecule has 0 bridgehead atoms. The predicted octanol–water partition coefficient (Wildman–Crippen LogP) is 5.69. The van der Waals surface area contributed by atoms with Crippen molar-refractivity contribution in [2.24, 2.45) is 0 Å². The van der Waals surface area contributed by atoms with Crippen LogP contribution in [-0.2, 0) is 11.8 Å². The Labute approximate surface area is 141 Å². The zero-order chi connectivity index (χ0) is 15.5. The molecule has 0 radical (unpaired) electrons.